The van der Waals surface area contributed by atoms with E-state index in [-0.39, 0.29) is 14.7 Å². The van der Waals surface area contributed by atoms with E-state index in [0.717, 1.165) is 17.7 Å². The number of hydrogen-bond acceptors (Lipinski definition) is 5. The molecule has 1 N–H and O–H groups in total. The van der Waals surface area contributed by atoms with Gasteiger partial charge in [-0.1, -0.05) is 35.9 Å². The Kier molecular flexibility index (Phi) is 4.60. The molecule has 3 aromatic carbocycles. The Labute approximate surface area is 152 Å². The number of aromatic hydroxyl groups is 1. The van der Waals surface area contributed by atoms with Crippen LogP contribution in [-0.2, 0) is 19.7 Å². The number of sulfone groups is 2. The van der Waals surface area contributed by atoms with Gasteiger partial charge in [-0.15, -0.1) is 0 Å². The minimum absolute atomic E-state index is 0.0207. The molecule has 0 saturated carbocycles. The van der Waals surface area contributed by atoms with Crippen LogP contribution in [0.15, 0.2) is 92.4 Å². The van der Waals surface area contributed by atoms with Gasteiger partial charge < -0.3 is 5.11 Å². The summed E-state index contributed by atoms with van der Waals surface area (Å²) in [5, 5.41) is 10.0. The van der Waals surface area contributed by atoms with Gasteiger partial charge in [0.1, 0.15) is 10.6 Å². The molecule has 3 aromatic rings. The van der Waals surface area contributed by atoms with E-state index in [9.17, 15) is 21.9 Å². The fraction of sp³-hybridized carbons (Fsp3) is 0.0526. The summed E-state index contributed by atoms with van der Waals surface area (Å²) >= 11 is 0. The van der Waals surface area contributed by atoms with Crippen molar-refractivity contribution in [2.75, 3.05) is 0 Å². The maximum absolute atomic E-state index is 12.8. The highest BCUT2D eigenvalue weighted by molar-refractivity contribution is 7.92. The third kappa shape index (κ3) is 3.23. The van der Waals surface area contributed by atoms with Crippen LogP contribution >= 0.6 is 0 Å². The van der Waals surface area contributed by atoms with E-state index in [1.165, 1.54) is 30.3 Å². The molecule has 0 aliphatic rings. The van der Waals surface area contributed by atoms with Crippen molar-refractivity contribution < 1.29 is 21.9 Å². The van der Waals surface area contributed by atoms with Crippen molar-refractivity contribution >= 4 is 19.7 Å². The van der Waals surface area contributed by atoms with Crippen LogP contribution in [0.25, 0.3) is 0 Å². The molecule has 3 rings (SSSR count). The normalized spacial score (nSPS) is 12.0. The molecule has 26 heavy (non-hydrogen) atoms. The van der Waals surface area contributed by atoms with E-state index in [0.29, 0.717) is 0 Å². The smallest absolute Gasteiger partial charge is 0.210 e. The molecule has 0 aliphatic heterocycles. The first-order chi connectivity index (χ1) is 12.2. The van der Waals surface area contributed by atoms with Crippen molar-refractivity contribution in [3.8, 4) is 5.75 Å². The van der Waals surface area contributed by atoms with Crippen LogP contribution in [0.1, 0.15) is 5.56 Å². The summed E-state index contributed by atoms with van der Waals surface area (Å²) in [6.45, 7) is 1.82. The van der Waals surface area contributed by atoms with Gasteiger partial charge in [-0.05, 0) is 49.4 Å². The van der Waals surface area contributed by atoms with Gasteiger partial charge in [0, 0.05) is 0 Å². The van der Waals surface area contributed by atoms with Crippen molar-refractivity contribution in [1.29, 1.82) is 0 Å². The topological polar surface area (TPSA) is 88.5 Å². The number of hydrogen-bond donors (Lipinski definition) is 1. The monoisotopic (exact) mass is 388 g/mol. The third-order valence-corrected chi connectivity index (χ3v) is 7.48. The Bertz CT molecular complexity index is 1150. The second-order valence-electron chi connectivity index (χ2n) is 5.76. The summed E-state index contributed by atoms with van der Waals surface area (Å²) in [6, 6.07) is 17.1. The highest BCUT2D eigenvalue weighted by Gasteiger charge is 2.25. The highest BCUT2D eigenvalue weighted by Crippen LogP contribution is 2.32. The van der Waals surface area contributed by atoms with Crippen molar-refractivity contribution in [2.45, 2.75) is 26.5 Å². The van der Waals surface area contributed by atoms with Gasteiger partial charge in [0.2, 0.25) is 19.7 Å². The highest BCUT2D eigenvalue weighted by atomic mass is 32.2. The molecule has 0 atom stereocenters. The molecule has 0 spiro atoms. The van der Waals surface area contributed by atoms with Crippen LogP contribution < -0.4 is 0 Å². The molecule has 5 nitrogen and oxygen atoms in total. The van der Waals surface area contributed by atoms with Crippen molar-refractivity contribution in [3.05, 3.63) is 78.4 Å². The number of aryl methyl sites for hydroxylation is 1. The Hall–Kier alpha value is -2.64. The summed E-state index contributed by atoms with van der Waals surface area (Å²) in [5.74, 6) is -0.502. The molecule has 0 amide bonds. The average Bonchev–Trinajstić information content (AvgIpc) is 2.63. The summed E-state index contributed by atoms with van der Waals surface area (Å²) in [6.07, 6.45) is 0. The van der Waals surface area contributed by atoms with Gasteiger partial charge in [0.25, 0.3) is 0 Å². The summed E-state index contributed by atoms with van der Waals surface area (Å²) in [5.41, 5.74) is 0.883. The van der Waals surface area contributed by atoms with Crippen LogP contribution in [0.5, 0.6) is 5.75 Å². The number of benzene rings is 3. The van der Waals surface area contributed by atoms with E-state index >= 15 is 0 Å². The predicted molar refractivity (Wildman–Crippen MR) is 96.6 cm³/mol. The first kappa shape index (κ1) is 18.2. The van der Waals surface area contributed by atoms with Gasteiger partial charge >= 0.3 is 0 Å². The van der Waals surface area contributed by atoms with Crippen LogP contribution in [-0.4, -0.2) is 21.9 Å². The maximum atomic E-state index is 12.8. The first-order valence-electron chi connectivity index (χ1n) is 7.68. The zero-order chi connectivity index (χ0) is 18.9. The lowest BCUT2D eigenvalue weighted by molar-refractivity contribution is 0.458. The van der Waals surface area contributed by atoms with Gasteiger partial charge in [-0.3, -0.25) is 0 Å². The third-order valence-electron chi connectivity index (χ3n) is 3.92. The lowest BCUT2D eigenvalue weighted by Gasteiger charge is -2.10. The standard InChI is InChI=1S/C19H16O5S2/c1-14-7-9-16(10-8-14)26(23,24)19-13-17(11-12-18(19)20)25(21,22)15-5-3-2-4-6-15/h2-13,20H,1H3. The number of phenolic OH excluding ortho intramolecular Hbond substituents is 1. The first-order valence-corrected chi connectivity index (χ1v) is 10.6. The van der Waals surface area contributed by atoms with Crippen molar-refractivity contribution in [2.24, 2.45) is 0 Å². The quantitative estimate of drug-likeness (QED) is 0.740. The lowest BCUT2D eigenvalue weighted by Crippen LogP contribution is -2.06. The molecule has 0 saturated heterocycles. The zero-order valence-electron chi connectivity index (χ0n) is 13.8. The lowest BCUT2D eigenvalue weighted by atomic mass is 10.2. The molecule has 0 bridgehead atoms. The molecule has 0 heterocycles. The van der Waals surface area contributed by atoms with Crippen molar-refractivity contribution in [3.63, 3.8) is 0 Å². The van der Waals surface area contributed by atoms with Crippen LogP contribution in [0, 0.1) is 6.92 Å². The predicted octanol–water partition coefficient (Wildman–Crippen LogP) is 3.37. The molecule has 134 valence electrons. The minimum atomic E-state index is -4.07. The summed E-state index contributed by atoms with van der Waals surface area (Å²) in [4.78, 5) is -0.623. The zero-order valence-corrected chi connectivity index (χ0v) is 15.5. The van der Waals surface area contributed by atoms with Gasteiger partial charge in [-0.2, -0.15) is 0 Å². The van der Waals surface area contributed by atoms with E-state index in [1.807, 2.05) is 6.92 Å². The van der Waals surface area contributed by atoms with Gasteiger partial charge in [0.15, 0.2) is 0 Å². The molecule has 0 aliphatic carbocycles. The molecule has 0 radical (unpaired) electrons. The molecule has 7 heteroatoms. The van der Waals surface area contributed by atoms with E-state index in [1.54, 1.807) is 30.3 Å². The Morgan fingerprint density at radius 1 is 0.654 bits per heavy atom. The average molecular weight is 388 g/mol. The van der Waals surface area contributed by atoms with E-state index in [4.69, 9.17) is 0 Å². The van der Waals surface area contributed by atoms with Crippen LogP contribution in [0.3, 0.4) is 0 Å². The molecule has 0 fully saturated rings. The van der Waals surface area contributed by atoms with Gasteiger partial charge in [-0.25, -0.2) is 16.8 Å². The van der Waals surface area contributed by atoms with E-state index in [2.05, 4.69) is 0 Å². The SMILES string of the molecule is Cc1ccc(S(=O)(=O)c2cc(S(=O)(=O)c3ccccc3)ccc2O)cc1. The second-order valence-corrected chi connectivity index (χ2v) is 9.63. The fourth-order valence-electron chi connectivity index (χ4n) is 2.46. The maximum Gasteiger partial charge on any atom is 0.210 e. The molecular weight excluding hydrogens is 372 g/mol. The number of phenols is 1. The van der Waals surface area contributed by atoms with Gasteiger partial charge in [0.05, 0.1) is 14.7 Å². The van der Waals surface area contributed by atoms with Crippen LogP contribution in [0.4, 0.5) is 0 Å². The molecule has 0 aromatic heterocycles. The fourth-order valence-corrected chi connectivity index (χ4v) is 5.21. The van der Waals surface area contributed by atoms with Crippen molar-refractivity contribution in [1.82, 2.24) is 0 Å². The van der Waals surface area contributed by atoms with Crippen LogP contribution in [0.2, 0.25) is 0 Å². The minimum Gasteiger partial charge on any atom is -0.507 e. The summed E-state index contributed by atoms with van der Waals surface area (Å²) < 4.78 is 51.1. The Morgan fingerprint density at radius 3 is 1.81 bits per heavy atom. The largest absolute Gasteiger partial charge is 0.507 e. The molecular formula is C19H16O5S2. The molecule has 0 unspecified atom stereocenters. The Morgan fingerprint density at radius 2 is 1.19 bits per heavy atom. The van der Waals surface area contributed by atoms with E-state index < -0.39 is 30.3 Å². The second kappa shape index (κ2) is 6.59. The Balaban J connectivity index is 2.16. The number of rotatable bonds is 4. The summed E-state index contributed by atoms with van der Waals surface area (Å²) in [7, 11) is -7.97.